The van der Waals surface area contributed by atoms with E-state index in [0.717, 1.165) is 14.5 Å². The molecule has 1 aromatic heterocycles. The van der Waals surface area contributed by atoms with Crippen molar-refractivity contribution in [3.05, 3.63) is 19.2 Å². The van der Waals surface area contributed by atoms with Gasteiger partial charge in [0.1, 0.15) is 0 Å². The molecule has 4 heteroatoms. The minimum absolute atomic E-state index is 0.701. The zero-order valence-corrected chi connectivity index (χ0v) is 8.22. The van der Waals surface area contributed by atoms with E-state index in [1.807, 2.05) is 0 Å². The van der Waals surface area contributed by atoms with Crippen molar-refractivity contribution in [3.63, 3.8) is 0 Å². The highest BCUT2D eigenvalue weighted by molar-refractivity contribution is 9.13. The Balaban J connectivity index is 3.18. The van der Waals surface area contributed by atoms with Gasteiger partial charge in [-0.3, -0.25) is 4.79 Å². The fourth-order valence-corrected chi connectivity index (χ4v) is 2.19. The van der Waals surface area contributed by atoms with Crippen LogP contribution in [0.1, 0.15) is 10.4 Å². The summed E-state index contributed by atoms with van der Waals surface area (Å²) >= 11 is 8.01. The Labute approximate surface area is 73.3 Å². The second-order valence-electron chi connectivity index (χ2n) is 1.40. The average Bonchev–Trinajstić information content (AvgIpc) is 2.15. The number of carbonyl (C=O) groups excluding carboxylic acids is 1. The minimum Gasteiger partial charge on any atom is -0.298 e. The molecule has 0 spiro atoms. The molecule has 0 amide bonds. The molecule has 0 saturated carbocycles. The lowest BCUT2D eigenvalue weighted by Crippen LogP contribution is -1.71. The van der Waals surface area contributed by atoms with E-state index in [4.69, 9.17) is 0 Å². The third-order valence-electron chi connectivity index (χ3n) is 0.842. The lowest BCUT2D eigenvalue weighted by atomic mass is 10.4. The van der Waals surface area contributed by atoms with E-state index in [1.54, 1.807) is 5.38 Å². The van der Waals surface area contributed by atoms with Crippen LogP contribution in [0.3, 0.4) is 0 Å². The van der Waals surface area contributed by atoms with Gasteiger partial charge in [-0.2, -0.15) is 0 Å². The van der Waals surface area contributed by atoms with E-state index < -0.39 is 0 Å². The molecular weight excluding hydrogens is 268 g/mol. The van der Waals surface area contributed by atoms with Gasteiger partial charge in [0.05, 0.1) is 8.26 Å². The van der Waals surface area contributed by atoms with Crippen molar-refractivity contribution in [1.82, 2.24) is 0 Å². The fourth-order valence-electron chi connectivity index (χ4n) is 0.412. The van der Waals surface area contributed by atoms with Gasteiger partial charge in [0.2, 0.25) is 0 Å². The van der Waals surface area contributed by atoms with Crippen molar-refractivity contribution in [2.75, 3.05) is 0 Å². The first-order valence-corrected chi connectivity index (χ1v) is 4.60. The summed E-state index contributed by atoms with van der Waals surface area (Å²) in [5.41, 5.74) is 0.701. The average molecular weight is 270 g/mol. The van der Waals surface area contributed by atoms with Crippen LogP contribution >= 0.6 is 43.2 Å². The van der Waals surface area contributed by atoms with Crippen molar-refractivity contribution in [2.45, 2.75) is 0 Å². The lowest BCUT2D eigenvalue weighted by Gasteiger charge is -1.81. The molecule has 0 atom stereocenters. The summed E-state index contributed by atoms with van der Waals surface area (Å²) in [6.45, 7) is 0. The molecule has 0 aliphatic carbocycles. The molecule has 0 radical (unpaired) electrons. The molecule has 0 fully saturated rings. The number of rotatable bonds is 1. The maximum atomic E-state index is 10.2. The SMILES string of the molecule is O=Cc1csc(Br)c1Br. The van der Waals surface area contributed by atoms with E-state index in [1.165, 1.54) is 11.3 Å². The van der Waals surface area contributed by atoms with Crippen LogP contribution < -0.4 is 0 Å². The molecule has 0 unspecified atom stereocenters. The Morgan fingerprint density at radius 3 is 2.44 bits per heavy atom. The Morgan fingerprint density at radius 1 is 1.56 bits per heavy atom. The molecular formula is C5H2Br2OS. The third-order valence-corrected chi connectivity index (χ3v) is 4.23. The zero-order valence-electron chi connectivity index (χ0n) is 4.23. The quantitative estimate of drug-likeness (QED) is 0.716. The Hall–Kier alpha value is 0.330. The van der Waals surface area contributed by atoms with Crippen molar-refractivity contribution < 1.29 is 4.79 Å². The van der Waals surface area contributed by atoms with Crippen LogP contribution in [-0.2, 0) is 0 Å². The minimum atomic E-state index is 0.701. The predicted octanol–water partition coefficient (Wildman–Crippen LogP) is 3.09. The molecule has 1 rings (SSSR count). The summed E-state index contributed by atoms with van der Waals surface area (Å²) in [5, 5.41) is 1.79. The molecule has 0 aliphatic heterocycles. The second-order valence-corrected chi connectivity index (χ2v) is 4.39. The summed E-state index contributed by atoms with van der Waals surface area (Å²) in [5.74, 6) is 0. The largest absolute Gasteiger partial charge is 0.298 e. The molecule has 0 aromatic carbocycles. The van der Waals surface area contributed by atoms with Gasteiger partial charge in [-0.15, -0.1) is 11.3 Å². The number of thiophene rings is 1. The van der Waals surface area contributed by atoms with Crippen molar-refractivity contribution in [1.29, 1.82) is 0 Å². The number of hydrogen-bond acceptors (Lipinski definition) is 2. The molecule has 1 nitrogen and oxygen atoms in total. The van der Waals surface area contributed by atoms with Crippen LogP contribution in [0.25, 0.3) is 0 Å². The Bertz CT molecular complexity index is 231. The molecule has 0 N–H and O–H groups in total. The molecule has 1 aromatic rings. The van der Waals surface area contributed by atoms with E-state index in [9.17, 15) is 4.79 Å². The van der Waals surface area contributed by atoms with Gasteiger partial charge in [0, 0.05) is 10.9 Å². The second kappa shape index (κ2) is 2.94. The van der Waals surface area contributed by atoms with Crippen molar-refractivity contribution in [2.24, 2.45) is 0 Å². The number of halogens is 2. The summed E-state index contributed by atoms with van der Waals surface area (Å²) in [6, 6.07) is 0. The molecule has 0 saturated heterocycles. The fraction of sp³-hybridized carbons (Fsp3) is 0. The van der Waals surface area contributed by atoms with Gasteiger partial charge in [0.25, 0.3) is 0 Å². The normalized spacial score (nSPS) is 9.56. The van der Waals surface area contributed by atoms with E-state index in [-0.39, 0.29) is 0 Å². The maximum Gasteiger partial charge on any atom is 0.152 e. The van der Waals surface area contributed by atoms with Crippen LogP contribution in [0.4, 0.5) is 0 Å². The van der Waals surface area contributed by atoms with Crippen LogP contribution in [0.15, 0.2) is 13.6 Å². The first-order valence-electron chi connectivity index (χ1n) is 2.13. The van der Waals surface area contributed by atoms with Gasteiger partial charge in [-0.1, -0.05) is 0 Å². The van der Waals surface area contributed by atoms with Crippen LogP contribution in [0.2, 0.25) is 0 Å². The molecule has 0 aliphatic rings. The summed E-state index contributed by atoms with van der Waals surface area (Å²) in [6.07, 6.45) is 0.825. The monoisotopic (exact) mass is 268 g/mol. The highest BCUT2D eigenvalue weighted by Crippen LogP contribution is 2.31. The summed E-state index contributed by atoms with van der Waals surface area (Å²) in [7, 11) is 0. The summed E-state index contributed by atoms with van der Waals surface area (Å²) in [4.78, 5) is 10.2. The number of hydrogen-bond donors (Lipinski definition) is 0. The van der Waals surface area contributed by atoms with Crippen LogP contribution in [0, 0.1) is 0 Å². The first-order chi connectivity index (χ1) is 4.25. The van der Waals surface area contributed by atoms with Gasteiger partial charge >= 0.3 is 0 Å². The highest BCUT2D eigenvalue weighted by Gasteiger charge is 2.03. The molecule has 1 heterocycles. The van der Waals surface area contributed by atoms with E-state index >= 15 is 0 Å². The topological polar surface area (TPSA) is 17.1 Å². The zero-order chi connectivity index (χ0) is 6.85. The summed E-state index contributed by atoms with van der Waals surface area (Å²) < 4.78 is 1.81. The number of aldehydes is 1. The van der Waals surface area contributed by atoms with E-state index in [0.29, 0.717) is 5.56 Å². The van der Waals surface area contributed by atoms with Gasteiger partial charge in [-0.25, -0.2) is 0 Å². The molecule has 9 heavy (non-hydrogen) atoms. The van der Waals surface area contributed by atoms with Crippen LogP contribution in [-0.4, -0.2) is 6.29 Å². The van der Waals surface area contributed by atoms with Gasteiger partial charge in [-0.05, 0) is 31.9 Å². The van der Waals surface area contributed by atoms with Gasteiger partial charge < -0.3 is 0 Å². The molecule has 48 valence electrons. The third kappa shape index (κ3) is 1.42. The van der Waals surface area contributed by atoms with Crippen molar-refractivity contribution >= 4 is 49.5 Å². The maximum absolute atomic E-state index is 10.2. The predicted molar refractivity (Wildman–Crippen MR) is 45.1 cm³/mol. The Morgan fingerprint density at radius 2 is 2.22 bits per heavy atom. The van der Waals surface area contributed by atoms with Crippen molar-refractivity contribution in [3.8, 4) is 0 Å². The van der Waals surface area contributed by atoms with Gasteiger partial charge in [0.15, 0.2) is 6.29 Å². The highest BCUT2D eigenvalue weighted by atomic mass is 79.9. The lowest BCUT2D eigenvalue weighted by molar-refractivity contribution is 0.112. The Kier molecular flexibility index (Phi) is 2.43. The smallest absolute Gasteiger partial charge is 0.152 e. The molecule has 0 bridgehead atoms. The first kappa shape index (κ1) is 7.44. The standard InChI is InChI=1S/C5H2Br2OS/c6-4-3(1-8)2-9-5(4)7/h1-2H. The van der Waals surface area contributed by atoms with Crippen LogP contribution in [0.5, 0.6) is 0 Å². The number of carbonyl (C=O) groups is 1. The van der Waals surface area contributed by atoms with E-state index in [2.05, 4.69) is 31.9 Å².